The number of halogens is 3. The molecule has 0 spiro atoms. The maximum Gasteiger partial charge on any atom is 0.387 e. The Morgan fingerprint density at radius 3 is 2.53 bits per heavy atom. The van der Waals surface area contributed by atoms with E-state index in [9.17, 15) is 13.6 Å². The number of ketones is 1. The highest BCUT2D eigenvalue weighted by atomic mass is 35.5. The number of carbonyl (C=O) groups excluding carboxylic acids is 1. The Labute approximate surface area is 90.8 Å². The summed E-state index contributed by atoms with van der Waals surface area (Å²) < 4.78 is 28.1. The third-order valence-corrected chi connectivity index (χ3v) is 2.33. The predicted molar refractivity (Wildman–Crippen MR) is 52.8 cm³/mol. The number of alkyl halides is 2. The zero-order valence-electron chi connectivity index (χ0n) is 8.18. The van der Waals surface area contributed by atoms with E-state index in [4.69, 9.17) is 11.6 Å². The number of rotatable bonds is 3. The van der Waals surface area contributed by atoms with Gasteiger partial charge in [0, 0.05) is 5.56 Å². The highest BCUT2D eigenvalue weighted by Gasteiger charge is 2.13. The first-order chi connectivity index (χ1) is 6.91. The lowest BCUT2D eigenvalue weighted by Crippen LogP contribution is -2.04. The van der Waals surface area contributed by atoms with Crippen molar-refractivity contribution >= 4 is 17.4 Å². The van der Waals surface area contributed by atoms with Crippen LogP contribution in [0.5, 0.6) is 5.75 Å². The van der Waals surface area contributed by atoms with Gasteiger partial charge in [0.15, 0.2) is 5.78 Å². The van der Waals surface area contributed by atoms with Gasteiger partial charge in [-0.25, -0.2) is 0 Å². The molecule has 2 nitrogen and oxygen atoms in total. The molecule has 0 atom stereocenters. The van der Waals surface area contributed by atoms with Gasteiger partial charge in [0.2, 0.25) is 0 Å². The molecule has 0 saturated carbocycles. The molecule has 1 aromatic rings. The van der Waals surface area contributed by atoms with E-state index in [1.54, 1.807) is 6.92 Å². The van der Waals surface area contributed by atoms with Crippen molar-refractivity contribution in [2.75, 3.05) is 0 Å². The van der Waals surface area contributed by atoms with E-state index >= 15 is 0 Å². The molecule has 5 heteroatoms. The Morgan fingerprint density at radius 1 is 1.47 bits per heavy atom. The van der Waals surface area contributed by atoms with Crippen LogP contribution < -0.4 is 4.74 Å². The van der Waals surface area contributed by atoms with Crippen molar-refractivity contribution in [3.05, 3.63) is 28.3 Å². The summed E-state index contributed by atoms with van der Waals surface area (Å²) in [5, 5.41) is 0.268. The van der Waals surface area contributed by atoms with Gasteiger partial charge in [-0.15, -0.1) is 0 Å². The average molecular weight is 235 g/mol. The quantitative estimate of drug-likeness (QED) is 0.749. The number of aryl methyl sites for hydroxylation is 1. The summed E-state index contributed by atoms with van der Waals surface area (Å²) in [4.78, 5) is 11.1. The molecule has 0 aliphatic heterocycles. The Kier molecular flexibility index (Phi) is 3.63. The molecule has 0 amide bonds. The van der Waals surface area contributed by atoms with Gasteiger partial charge in [-0.1, -0.05) is 11.6 Å². The number of Topliss-reactive ketones (excluding diaryl/α,β-unsaturated/α-hetero) is 1. The maximum absolute atomic E-state index is 11.9. The Balaban J connectivity index is 3.17. The lowest BCUT2D eigenvalue weighted by molar-refractivity contribution is -0.0499. The number of carbonyl (C=O) groups is 1. The van der Waals surface area contributed by atoms with Gasteiger partial charge < -0.3 is 4.74 Å². The van der Waals surface area contributed by atoms with Gasteiger partial charge in [-0.2, -0.15) is 8.78 Å². The zero-order valence-corrected chi connectivity index (χ0v) is 8.94. The standard InChI is InChI=1S/C10H9ClF2O2/c1-5-3-7(15-10(12)13)4-8(6(2)14)9(5)11/h3-4,10H,1-2H3. The molecule has 0 aliphatic carbocycles. The molecule has 0 unspecified atom stereocenters. The van der Waals surface area contributed by atoms with E-state index in [-0.39, 0.29) is 22.1 Å². The van der Waals surface area contributed by atoms with Crippen LogP contribution in [0.2, 0.25) is 5.02 Å². The molecule has 0 aromatic heterocycles. The van der Waals surface area contributed by atoms with E-state index in [1.165, 1.54) is 19.1 Å². The van der Waals surface area contributed by atoms with Crippen molar-refractivity contribution in [1.82, 2.24) is 0 Å². The maximum atomic E-state index is 11.9. The van der Waals surface area contributed by atoms with Crippen LogP contribution in [-0.2, 0) is 0 Å². The van der Waals surface area contributed by atoms with Crippen LogP contribution in [0, 0.1) is 6.92 Å². The second-order valence-electron chi connectivity index (χ2n) is 3.04. The third kappa shape index (κ3) is 2.89. The molecular formula is C10H9ClF2O2. The number of benzene rings is 1. The first kappa shape index (κ1) is 11.9. The molecule has 0 N–H and O–H groups in total. The van der Waals surface area contributed by atoms with E-state index < -0.39 is 6.61 Å². The predicted octanol–water partition coefficient (Wildman–Crippen LogP) is 3.45. The molecule has 1 aromatic carbocycles. The summed E-state index contributed by atoms with van der Waals surface area (Å²) in [7, 11) is 0. The van der Waals surface area contributed by atoms with Gasteiger partial charge in [0.25, 0.3) is 0 Å². The van der Waals surface area contributed by atoms with Crippen LogP contribution in [0.3, 0.4) is 0 Å². The topological polar surface area (TPSA) is 26.3 Å². The lowest BCUT2D eigenvalue weighted by atomic mass is 10.1. The SMILES string of the molecule is CC(=O)c1cc(OC(F)F)cc(C)c1Cl. The molecular weight excluding hydrogens is 226 g/mol. The van der Waals surface area contributed by atoms with Crippen LogP contribution in [-0.4, -0.2) is 12.4 Å². The van der Waals surface area contributed by atoms with Gasteiger partial charge in [0.05, 0.1) is 5.02 Å². The molecule has 0 radical (unpaired) electrons. The van der Waals surface area contributed by atoms with Crippen LogP contribution in [0.25, 0.3) is 0 Å². The monoisotopic (exact) mass is 234 g/mol. The van der Waals surface area contributed by atoms with Crippen molar-refractivity contribution in [1.29, 1.82) is 0 Å². The molecule has 0 saturated heterocycles. The van der Waals surface area contributed by atoms with Crippen molar-refractivity contribution < 1.29 is 18.3 Å². The molecule has 0 bridgehead atoms. The highest BCUT2D eigenvalue weighted by molar-refractivity contribution is 6.34. The van der Waals surface area contributed by atoms with Crippen LogP contribution in [0.15, 0.2) is 12.1 Å². The van der Waals surface area contributed by atoms with Crippen molar-refractivity contribution in [2.24, 2.45) is 0 Å². The van der Waals surface area contributed by atoms with Gasteiger partial charge in [-0.3, -0.25) is 4.79 Å². The minimum Gasteiger partial charge on any atom is -0.435 e. The second-order valence-corrected chi connectivity index (χ2v) is 3.41. The smallest absolute Gasteiger partial charge is 0.387 e. The summed E-state index contributed by atoms with van der Waals surface area (Å²) in [6.07, 6.45) is 0. The normalized spacial score (nSPS) is 10.5. The molecule has 0 heterocycles. The highest BCUT2D eigenvalue weighted by Crippen LogP contribution is 2.27. The van der Waals surface area contributed by atoms with E-state index in [1.807, 2.05) is 0 Å². The second kappa shape index (κ2) is 4.57. The van der Waals surface area contributed by atoms with Crippen molar-refractivity contribution in [3.8, 4) is 5.75 Å². The summed E-state index contributed by atoms with van der Waals surface area (Å²) in [6, 6.07) is 2.57. The van der Waals surface area contributed by atoms with Gasteiger partial charge in [-0.05, 0) is 31.5 Å². The minimum absolute atomic E-state index is 0.0582. The fourth-order valence-corrected chi connectivity index (χ4v) is 1.41. The molecule has 0 aliphatic rings. The largest absolute Gasteiger partial charge is 0.435 e. The fraction of sp³-hybridized carbons (Fsp3) is 0.300. The zero-order chi connectivity index (χ0) is 11.6. The number of hydrogen-bond donors (Lipinski definition) is 0. The van der Waals surface area contributed by atoms with Crippen LogP contribution in [0.4, 0.5) is 8.78 Å². The van der Waals surface area contributed by atoms with E-state index in [0.717, 1.165) is 0 Å². The molecule has 1 rings (SSSR count). The van der Waals surface area contributed by atoms with Crippen molar-refractivity contribution in [2.45, 2.75) is 20.5 Å². The van der Waals surface area contributed by atoms with E-state index in [2.05, 4.69) is 4.74 Å². The molecule has 15 heavy (non-hydrogen) atoms. The van der Waals surface area contributed by atoms with Gasteiger partial charge >= 0.3 is 6.61 Å². The lowest BCUT2D eigenvalue weighted by Gasteiger charge is -2.09. The summed E-state index contributed by atoms with van der Waals surface area (Å²) in [5.41, 5.74) is 0.715. The van der Waals surface area contributed by atoms with Crippen molar-refractivity contribution in [3.63, 3.8) is 0 Å². The van der Waals surface area contributed by atoms with E-state index in [0.29, 0.717) is 5.56 Å². The minimum atomic E-state index is -2.91. The molecule has 82 valence electrons. The van der Waals surface area contributed by atoms with Crippen LogP contribution in [0.1, 0.15) is 22.8 Å². The fourth-order valence-electron chi connectivity index (χ4n) is 1.16. The molecule has 0 fully saturated rings. The first-order valence-electron chi connectivity index (χ1n) is 4.17. The Bertz CT molecular complexity index is 391. The average Bonchev–Trinajstić information content (AvgIpc) is 2.09. The number of ether oxygens (including phenoxy) is 1. The Hall–Kier alpha value is -1.16. The Morgan fingerprint density at radius 2 is 2.07 bits per heavy atom. The van der Waals surface area contributed by atoms with Gasteiger partial charge in [0.1, 0.15) is 5.75 Å². The first-order valence-corrected chi connectivity index (χ1v) is 4.55. The van der Waals surface area contributed by atoms with Crippen LogP contribution >= 0.6 is 11.6 Å². The number of hydrogen-bond acceptors (Lipinski definition) is 2. The summed E-state index contributed by atoms with van der Waals surface area (Å²) in [6.45, 7) is 0.0188. The summed E-state index contributed by atoms with van der Waals surface area (Å²) >= 11 is 5.83. The third-order valence-electron chi connectivity index (χ3n) is 1.83. The summed E-state index contributed by atoms with van der Waals surface area (Å²) in [5.74, 6) is -0.347.